The molecule has 1 saturated carbocycles. The zero-order chi connectivity index (χ0) is 12.6. The molecular weight excluding hydrogens is 290 g/mol. The second kappa shape index (κ2) is 4.62. The number of aromatic carboxylic acids is 1. The zero-order valence-corrected chi connectivity index (χ0v) is 10.8. The highest BCUT2D eigenvalue weighted by atomic mass is 79.9. The highest BCUT2D eigenvalue weighted by Gasteiger charge is 2.31. The minimum atomic E-state index is -1.04. The molecule has 0 amide bonds. The van der Waals surface area contributed by atoms with E-state index < -0.39 is 5.97 Å². The molecule has 1 aromatic heterocycles. The van der Waals surface area contributed by atoms with Crippen molar-refractivity contribution in [2.24, 2.45) is 0 Å². The Morgan fingerprint density at radius 1 is 1.59 bits per heavy atom. The van der Waals surface area contributed by atoms with Crippen LogP contribution < -0.4 is 5.56 Å². The van der Waals surface area contributed by atoms with Crippen LogP contribution in [0, 0.1) is 0 Å². The molecule has 0 saturated heterocycles. The van der Waals surface area contributed by atoms with Gasteiger partial charge in [0.1, 0.15) is 0 Å². The van der Waals surface area contributed by atoms with Crippen molar-refractivity contribution in [2.45, 2.75) is 25.0 Å². The fraction of sp³-hybridized carbons (Fsp3) is 0.455. The molecule has 0 aromatic carbocycles. The molecule has 2 rings (SSSR count). The van der Waals surface area contributed by atoms with Crippen LogP contribution in [0.5, 0.6) is 0 Å². The number of nitrogens with zero attached hydrogens (tertiary/aromatic N) is 1. The first-order valence-corrected chi connectivity index (χ1v) is 6.00. The summed E-state index contributed by atoms with van der Waals surface area (Å²) in [4.78, 5) is 22.8. The van der Waals surface area contributed by atoms with Crippen LogP contribution in [0.4, 0.5) is 0 Å². The molecule has 0 radical (unpaired) electrons. The van der Waals surface area contributed by atoms with E-state index in [1.807, 2.05) is 0 Å². The number of aromatic nitrogens is 1. The number of carboxylic acids is 1. The molecule has 1 N–H and O–H groups in total. The zero-order valence-electron chi connectivity index (χ0n) is 9.22. The van der Waals surface area contributed by atoms with Crippen LogP contribution in [0.1, 0.15) is 29.2 Å². The Balaban J connectivity index is 2.34. The molecule has 1 fully saturated rings. The summed E-state index contributed by atoms with van der Waals surface area (Å²) in [6, 6.07) is 1.36. The minimum Gasteiger partial charge on any atom is -0.478 e. The summed E-state index contributed by atoms with van der Waals surface area (Å²) in [5.74, 6) is -1.04. The molecule has 5 nitrogen and oxygen atoms in total. The number of methoxy groups -OCH3 is 1. The Labute approximate surface area is 106 Å². The van der Waals surface area contributed by atoms with Crippen LogP contribution in [-0.4, -0.2) is 28.9 Å². The van der Waals surface area contributed by atoms with Gasteiger partial charge in [0.15, 0.2) is 0 Å². The van der Waals surface area contributed by atoms with Crippen LogP contribution >= 0.6 is 15.9 Å². The molecule has 0 bridgehead atoms. The molecule has 1 aliphatic carbocycles. The van der Waals surface area contributed by atoms with Gasteiger partial charge in [-0.25, -0.2) is 4.79 Å². The largest absolute Gasteiger partial charge is 0.478 e. The number of rotatable bonds is 3. The average molecular weight is 302 g/mol. The highest BCUT2D eigenvalue weighted by molar-refractivity contribution is 9.10. The molecule has 17 heavy (non-hydrogen) atoms. The fourth-order valence-electron chi connectivity index (χ4n) is 1.91. The van der Waals surface area contributed by atoms with Crippen molar-refractivity contribution < 1.29 is 14.6 Å². The van der Waals surface area contributed by atoms with Crippen molar-refractivity contribution in [1.82, 2.24) is 4.57 Å². The number of ether oxygens (including phenoxy) is 1. The predicted molar refractivity (Wildman–Crippen MR) is 64.4 cm³/mol. The Bertz CT molecular complexity index is 505. The van der Waals surface area contributed by atoms with E-state index in [4.69, 9.17) is 9.84 Å². The lowest BCUT2D eigenvalue weighted by Crippen LogP contribution is -2.38. The summed E-state index contributed by atoms with van der Waals surface area (Å²) in [7, 11) is 1.63. The van der Waals surface area contributed by atoms with Gasteiger partial charge in [0.2, 0.25) is 0 Å². The van der Waals surface area contributed by atoms with Gasteiger partial charge in [-0.2, -0.15) is 0 Å². The van der Waals surface area contributed by atoms with Gasteiger partial charge in [-0.05, 0) is 34.8 Å². The lowest BCUT2D eigenvalue weighted by molar-refractivity contribution is 0.00502. The average Bonchev–Trinajstić information content (AvgIpc) is 2.22. The maximum absolute atomic E-state index is 11.9. The summed E-state index contributed by atoms with van der Waals surface area (Å²) in [6.45, 7) is 0. The second-order valence-electron chi connectivity index (χ2n) is 4.08. The van der Waals surface area contributed by atoms with Crippen molar-refractivity contribution in [2.75, 3.05) is 7.11 Å². The van der Waals surface area contributed by atoms with Crippen LogP contribution in [-0.2, 0) is 4.74 Å². The molecule has 1 heterocycles. The van der Waals surface area contributed by atoms with Gasteiger partial charge < -0.3 is 14.4 Å². The first-order chi connectivity index (χ1) is 8.02. The van der Waals surface area contributed by atoms with E-state index in [1.165, 1.54) is 16.8 Å². The first kappa shape index (κ1) is 12.3. The van der Waals surface area contributed by atoms with E-state index in [2.05, 4.69) is 15.9 Å². The van der Waals surface area contributed by atoms with Crippen LogP contribution in [0.15, 0.2) is 21.5 Å². The summed E-state index contributed by atoms with van der Waals surface area (Å²) < 4.78 is 6.89. The standard InChI is InChI=1S/C11H12BrNO4/c1-17-8-3-7(4-8)13-5-6(11(15)16)2-9(12)10(13)14/h2,5,7-8H,3-4H2,1H3,(H,15,16). The summed E-state index contributed by atoms with van der Waals surface area (Å²) >= 11 is 3.09. The van der Waals surface area contributed by atoms with E-state index in [9.17, 15) is 9.59 Å². The quantitative estimate of drug-likeness (QED) is 0.922. The fourth-order valence-corrected chi connectivity index (χ4v) is 2.36. The normalized spacial score (nSPS) is 23.2. The third kappa shape index (κ3) is 2.28. The molecule has 0 unspecified atom stereocenters. The molecular formula is C11H12BrNO4. The Morgan fingerprint density at radius 3 is 2.76 bits per heavy atom. The van der Waals surface area contributed by atoms with Crippen molar-refractivity contribution in [3.8, 4) is 0 Å². The molecule has 0 spiro atoms. The minimum absolute atomic E-state index is 0.0306. The molecule has 1 aliphatic rings. The molecule has 0 aliphatic heterocycles. The van der Waals surface area contributed by atoms with E-state index in [1.54, 1.807) is 7.11 Å². The smallest absolute Gasteiger partial charge is 0.337 e. The maximum Gasteiger partial charge on any atom is 0.337 e. The summed E-state index contributed by atoms with van der Waals surface area (Å²) in [5, 5.41) is 8.93. The number of carbonyl (C=O) groups is 1. The van der Waals surface area contributed by atoms with Gasteiger partial charge in [-0.15, -0.1) is 0 Å². The van der Waals surface area contributed by atoms with Gasteiger partial charge in [0.25, 0.3) is 5.56 Å². The second-order valence-corrected chi connectivity index (χ2v) is 4.93. The maximum atomic E-state index is 11.9. The third-order valence-corrected chi connectivity index (χ3v) is 3.61. The van der Waals surface area contributed by atoms with E-state index in [-0.39, 0.29) is 27.7 Å². The van der Waals surface area contributed by atoms with Gasteiger partial charge in [-0.3, -0.25) is 4.79 Å². The summed E-state index contributed by atoms with van der Waals surface area (Å²) in [6.07, 6.45) is 3.04. The lowest BCUT2D eigenvalue weighted by atomic mass is 9.89. The molecule has 0 atom stereocenters. The molecule has 1 aromatic rings. The Morgan fingerprint density at radius 2 is 2.24 bits per heavy atom. The monoisotopic (exact) mass is 301 g/mol. The van der Waals surface area contributed by atoms with E-state index in [0.717, 1.165) is 12.8 Å². The molecule has 92 valence electrons. The lowest BCUT2D eigenvalue weighted by Gasteiger charge is -2.35. The van der Waals surface area contributed by atoms with Crippen LogP contribution in [0.3, 0.4) is 0 Å². The van der Waals surface area contributed by atoms with Crippen molar-refractivity contribution >= 4 is 21.9 Å². The van der Waals surface area contributed by atoms with E-state index >= 15 is 0 Å². The predicted octanol–water partition coefficient (Wildman–Crippen LogP) is 1.66. The van der Waals surface area contributed by atoms with Crippen molar-refractivity contribution in [3.05, 3.63) is 32.7 Å². The van der Waals surface area contributed by atoms with Gasteiger partial charge in [0.05, 0.1) is 16.1 Å². The molecule has 6 heteroatoms. The first-order valence-electron chi connectivity index (χ1n) is 5.20. The van der Waals surface area contributed by atoms with E-state index in [0.29, 0.717) is 0 Å². The SMILES string of the molecule is COC1CC(n2cc(C(=O)O)cc(Br)c2=O)C1. The Hall–Kier alpha value is -1.14. The van der Waals surface area contributed by atoms with Crippen LogP contribution in [0.2, 0.25) is 0 Å². The highest BCUT2D eigenvalue weighted by Crippen LogP contribution is 2.33. The topological polar surface area (TPSA) is 68.5 Å². The number of hydrogen-bond acceptors (Lipinski definition) is 3. The van der Waals surface area contributed by atoms with Crippen LogP contribution in [0.25, 0.3) is 0 Å². The van der Waals surface area contributed by atoms with Crippen molar-refractivity contribution in [1.29, 1.82) is 0 Å². The number of pyridine rings is 1. The number of carboxylic acid groups (broad SMARTS) is 1. The van der Waals surface area contributed by atoms with Gasteiger partial charge in [-0.1, -0.05) is 0 Å². The third-order valence-electron chi connectivity index (χ3n) is 3.04. The van der Waals surface area contributed by atoms with Gasteiger partial charge in [0, 0.05) is 19.3 Å². The van der Waals surface area contributed by atoms with Gasteiger partial charge >= 0.3 is 5.97 Å². The Kier molecular flexibility index (Phi) is 3.35. The number of hydrogen-bond donors (Lipinski definition) is 1. The summed E-state index contributed by atoms with van der Waals surface area (Å²) in [5.41, 5.74) is -0.0908. The number of halogens is 1. The van der Waals surface area contributed by atoms with Crippen molar-refractivity contribution in [3.63, 3.8) is 0 Å².